The number of carbonyl (C=O) groups is 3. The zero-order valence-corrected chi connectivity index (χ0v) is 13.5. The highest BCUT2D eigenvalue weighted by atomic mass is 16.5. The van der Waals surface area contributed by atoms with E-state index in [2.05, 4.69) is 5.32 Å². The molecule has 3 unspecified atom stereocenters. The van der Waals surface area contributed by atoms with Gasteiger partial charge in [0.2, 0.25) is 5.91 Å². The predicted octanol–water partition coefficient (Wildman–Crippen LogP) is 0.772. The molecular formula is C15H26N2O5. The van der Waals surface area contributed by atoms with Gasteiger partial charge in [-0.1, -0.05) is 13.3 Å². The Labute approximate surface area is 131 Å². The van der Waals surface area contributed by atoms with Crippen molar-refractivity contribution in [1.82, 2.24) is 10.2 Å². The fourth-order valence-corrected chi connectivity index (χ4v) is 2.71. The minimum atomic E-state index is -0.978. The Morgan fingerprint density at radius 3 is 2.59 bits per heavy atom. The Hall–Kier alpha value is -1.63. The molecule has 0 bridgehead atoms. The molecule has 126 valence electrons. The summed E-state index contributed by atoms with van der Waals surface area (Å²) in [5.74, 6) is -1.64. The number of hydrogen-bond acceptors (Lipinski definition) is 5. The fraction of sp³-hybridized carbons (Fsp3) is 0.800. The van der Waals surface area contributed by atoms with E-state index in [0.717, 1.165) is 6.42 Å². The van der Waals surface area contributed by atoms with E-state index in [1.165, 1.54) is 4.90 Å². The smallest absolute Gasteiger partial charge is 0.326 e. The zero-order chi connectivity index (χ0) is 16.7. The van der Waals surface area contributed by atoms with E-state index in [0.29, 0.717) is 25.8 Å². The number of amides is 1. The van der Waals surface area contributed by atoms with Gasteiger partial charge >= 0.3 is 11.9 Å². The Morgan fingerprint density at radius 2 is 2.05 bits per heavy atom. The maximum absolute atomic E-state index is 12.4. The van der Waals surface area contributed by atoms with Crippen molar-refractivity contribution in [3.8, 4) is 0 Å². The van der Waals surface area contributed by atoms with Gasteiger partial charge in [-0.3, -0.25) is 14.9 Å². The van der Waals surface area contributed by atoms with Crippen LogP contribution in [0.25, 0.3) is 0 Å². The molecule has 0 radical (unpaired) electrons. The maximum Gasteiger partial charge on any atom is 0.326 e. The molecule has 3 atom stereocenters. The first-order valence-electron chi connectivity index (χ1n) is 7.88. The second-order valence-corrected chi connectivity index (χ2v) is 5.51. The summed E-state index contributed by atoms with van der Waals surface area (Å²) in [5.41, 5.74) is 0. The van der Waals surface area contributed by atoms with E-state index in [9.17, 15) is 14.4 Å². The lowest BCUT2D eigenvalue weighted by Gasteiger charge is -2.27. The van der Waals surface area contributed by atoms with Crippen LogP contribution in [-0.4, -0.2) is 59.1 Å². The van der Waals surface area contributed by atoms with E-state index in [-0.39, 0.29) is 18.5 Å². The van der Waals surface area contributed by atoms with Crippen LogP contribution in [0.3, 0.4) is 0 Å². The SMILES string of the molecule is CCCC(NC(C)C(=O)N1CCCC1C(=O)O)C(=O)OCC. The van der Waals surface area contributed by atoms with Crippen LogP contribution in [0.2, 0.25) is 0 Å². The van der Waals surface area contributed by atoms with Crippen LogP contribution in [-0.2, 0) is 19.1 Å². The molecule has 0 spiro atoms. The molecule has 0 aromatic carbocycles. The normalized spacial score (nSPS) is 20.5. The highest BCUT2D eigenvalue weighted by Crippen LogP contribution is 2.18. The summed E-state index contributed by atoms with van der Waals surface area (Å²) in [5, 5.41) is 12.1. The summed E-state index contributed by atoms with van der Waals surface area (Å²) in [4.78, 5) is 36.9. The molecular weight excluding hydrogens is 288 g/mol. The van der Waals surface area contributed by atoms with Gasteiger partial charge in [0.1, 0.15) is 12.1 Å². The van der Waals surface area contributed by atoms with Gasteiger partial charge in [-0.2, -0.15) is 0 Å². The Bertz CT molecular complexity index is 413. The van der Waals surface area contributed by atoms with Gasteiger partial charge in [0.05, 0.1) is 12.6 Å². The molecule has 1 saturated heterocycles. The Kier molecular flexibility index (Phi) is 7.31. The van der Waals surface area contributed by atoms with Crippen molar-refractivity contribution >= 4 is 17.8 Å². The number of ether oxygens (including phenoxy) is 1. The second kappa shape index (κ2) is 8.73. The molecule has 1 heterocycles. The van der Waals surface area contributed by atoms with Gasteiger partial charge in [0.25, 0.3) is 0 Å². The van der Waals surface area contributed by atoms with Crippen molar-refractivity contribution in [2.75, 3.05) is 13.2 Å². The molecule has 1 aliphatic rings. The van der Waals surface area contributed by atoms with Gasteiger partial charge in [0.15, 0.2) is 0 Å². The van der Waals surface area contributed by atoms with Crippen molar-refractivity contribution in [2.45, 2.75) is 64.6 Å². The number of carbonyl (C=O) groups excluding carboxylic acids is 2. The third-order valence-corrected chi connectivity index (χ3v) is 3.79. The largest absolute Gasteiger partial charge is 0.480 e. The minimum Gasteiger partial charge on any atom is -0.480 e. The van der Waals surface area contributed by atoms with Crippen molar-refractivity contribution in [3.63, 3.8) is 0 Å². The number of carboxylic acids is 1. The Balaban J connectivity index is 2.68. The molecule has 0 aromatic rings. The van der Waals surface area contributed by atoms with E-state index in [1.54, 1.807) is 13.8 Å². The molecule has 7 heteroatoms. The number of likely N-dealkylation sites (tertiary alicyclic amines) is 1. The van der Waals surface area contributed by atoms with Crippen LogP contribution in [0.5, 0.6) is 0 Å². The van der Waals surface area contributed by atoms with Gasteiger partial charge in [-0.15, -0.1) is 0 Å². The molecule has 1 fully saturated rings. The van der Waals surface area contributed by atoms with Gasteiger partial charge < -0.3 is 14.7 Å². The fourth-order valence-electron chi connectivity index (χ4n) is 2.71. The van der Waals surface area contributed by atoms with Crippen molar-refractivity contribution in [1.29, 1.82) is 0 Å². The van der Waals surface area contributed by atoms with Crippen molar-refractivity contribution < 1.29 is 24.2 Å². The van der Waals surface area contributed by atoms with Crippen molar-refractivity contribution in [3.05, 3.63) is 0 Å². The average molecular weight is 314 g/mol. The summed E-state index contributed by atoms with van der Waals surface area (Å²) >= 11 is 0. The molecule has 0 aromatic heterocycles. The highest BCUT2D eigenvalue weighted by Gasteiger charge is 2.36. The Morgan fingerprint density at radius 1 is 1.36 bits per heavy atom. The number of rotatable bonds is 8. The van der Waals surface area contributed by atoms with Gasteiger partial charge in [-0.25, -0.2) is 4.79 Å². The first-order valence-corrected chi connectivity index (χ1v) is 7.88. The molecule has 0 saturated carbocycles. The monoisotopic (exact) mass is 314 g/mol. The van der Waals surface area contributed by atoms with E-state index in [4.69, 9.17) is 9.84 Å². The quantitative estimate of drug-likeness (QED) is 0.643. The van der Waals surface area contributed by atoms with Crippen LogP contribution >= 0.6 is 0 Å². The number of nitrogens with zero attached hydrogens (tertiary/aromatic N) is 1. The van der Waals surface area contributed by atoms with Crippen LogP contribution in [0.15, 0.2) is 0 Å². The number of carboxylic acid groups (broad SMARTS) is 1. The molecule has 22 heavy (non-hydrogen) atoms. The van der Waals surface area contributed by atoms with Crippen molar-refractivity contribution in [2.24, 2.45) is 0 Å². The lowest BCUT2D eigenvalue weighted by atomic mass is 10.1. The van der Waals surface area contributed by atoms with Crippen LogP contribution < -0.4 is 5.32 Å². The summed E-state index contributed by atoms with van der Waals surface area (Å²) in [6.07, 6.45) is 2.51. The first-order chi connectivity index (χ1) is 10.4. The minimum absolute atomic E-state index is 0.282. The first kappa shape index (κ1) is 18.4. The number of esters is 1. The standard InChI is InChI=1S/C15H26N2O5/c1-4-7-11(15(21)22-5-2)16-10(3)13(18)17-9-6-8-12(17)14(19)20/h10-12,16H,4-9H2,1-3H3,(H,19,20). The van der Waals surface area contributed by atoms with Crippen LogP contribution in [0.4, 0.5) is 0 Å². The lowest BCUT2D eigenvalue weighted by Crippen LogP contribution is -2.53. The molecule has 0 aliphatic carbocycles. The van der Waals surface area contributed by atoms with E-state index in [1.807, 2.05) is 6.92 Å². The number of hydrogen-bond donors (Lipinski definition) is 2. The van der Waals surface area contributed by atoms with Gasteiger partial charge in [-0.05, 0) is 33.1 Å². The molecule has 1 rings (SSSR count). The van der Waals surface area contributed by atoms with Crippen LogP contribution in [0.1, 0.15) is 46.5 Å². The second-order valence-electron chi connectivity index (χ2n) is 5.51. The zero-order valence-electron chi connectivity index (χ0n) is 13.5. The average Bonchev–Trinajstić information content (AvgIpc) is 2.95. The summed E-state index contributed by atoms with van der Waals surface area (Å²) in [6.45, 7) is 6.07. The third-order valence-electron chi connectivity index (χ3n) is 3.79. The third kappa shape index (κ3) is 4.69. The molecule has 7 nitrogen and oxygen atoms in total. The molecule has 1 amide bonds. The highest BCUT2D eigenvalue weighted by molar-refractivity contribution is 5.88. The number of nitrogens with one attached hydrogen (secondary N) is 1. The number of aliphatic carboxylic acids is 1. The topological polar surface area (TPSA) is 95.9 Å². The molecule has 2 N–H and O–H groups in total. The predicted molar refractivity (Wildman–Crippen MR) is 80.3 cm³/mol. The maximum atomic E-state index is 12.4. The van der Waals surface area contributed by atoms with E-state index >= 15 is 0 Å². The van der Waals surface area contributed by atoms with Crippen LogP contribution in [0, 0.1) is 0 Å². The molecule has 1 aliphatic heterocycles. The summed E-state index contributed by atoms with van der Waals surface area (Å²) in [7, 11) is 0. The lowest BCUT2D eigenvalue weighted by molar-refractivity contribution is -0.150. The van der Waals surface area contributed by atoms with E-state index < -0.39 is 24.1 Å². The van der Waals surface area contributed by atoms with Gasteiger partial charge in [0, 0.05) is 6.54 Å². The summed E-state index contributed by atoms with van der Waals surface area (Å²) in [6, 6.07) is -1.93. The summed E-state index contributed by atoms with van der Waals surface area (Å²) < 4.78 is 5.00.